The van der Waals surface area contributed by atoms with E-state index in [9.17, 15) is 4.79 Å². The molecule has 0 aromatic carbocycles. The van der Waals surface area contributed by atoms with Gasteiger partial charge in [-0.25, -0.2) is 0 Å². The third-order valence-corrected chi connectivity index (χ3v) is 4.99. The highest BCUT2D eigenvalue weighted by Gasteiger charge is 2.44. The Morgan fingerprint density at radius 1 is 1.37 bits per heavy atom. The predicted molar refractivity (Wildman–Crippen MR) is 74.8 cm³/mol. The van der Waals surface area contributed by atoms with Gasteiger partial charge in [0.2, 0.25) is 0 Å². The van der Waals surface area contributed by atoms with Crippen molar-refractivity contribution in [3.05, 3.63) is 0 Å². The number of carbonyl (C=O) groups excluding carboxylic acids is 1. The van der Waals surface area contributed by atoms with Crippen LogP contribution < -0.4 is 0 Å². The Labute approximate surface area is 117 Å². The SMILES string of the molecule is CCCC(C)(C)C(C)C(=O)OCC1CCC2OC2C1. The van der Waals surface area contributed by atoms with Crippen LogP contribution in [-0.2, 0) is 14.3 Å². The quantitative estimate of drug-likeness (QED) is 0.546. The summed E-state index contributed by atoms with van der Waals surface area (Å²) >= 11 is 0. The monoisotopic (exact) mass is 268 g/mol. The van der Waals surface area contributed by atoms with Crippen molar-refractivity contribution in [3.8, 4) is 0 Å². The molecule has 0 aromatic heterocycles. The molecule has 2 rings (SSSR count). The van der Waals surface area contributed by atoms with E-state index in [0.29, 0.717) is 24.7 Å². The molecule has 0 N–H and O–H groups in total. The molecule has 0 aromatic rings. The molecule has 0 bridgehead atoms. The number of carbonyl (C=O) groups is 1. The molecule has 2 aliphatic rings. The van der Waals surface area contributed by atoms with Gasteiger partial charge in [-0.2, -0.15) is 0 Å². The average molecular weight is 268 g/mol. The molecule has 3 nitrogen and oxygen atoms in total. The van der Waals surface area contributed by atoms with Gasteiger partial charge in [-0.1, -0.05) is 34.1 Å². The second-order valence-corrected chi connectivity index (χ2v) is 6.98. The molecular weight excluding hydrogens is 240 g/mol. The topological polar surface area (TPSA) is 38.8 Å². The number of fused-ring (bicyclic) bond motifs is 1. The number of esters is 1. The fourth-order valence-electron chi connectivity index (χ4n) is 3.14. The molecule has 1 aliphatic carbocycles. The third-order valence-electron chi connectivity index (χ3n) is 4.99. The van der Waals surface area contributed by atoms with Crippen LogP contribution in [0, 0.1) is 17.3 Å². The molecular formula is C16H28O3. The lowest BCUT2D eigenvalue weighted by Gasteiger charge is -2.30. The van der Waals surface area contributed by atoms with E-state index < -0.39 is 0 Å². The van der Waals surface area contributed by atoms with Gasteiger partial charge in [-0.05, 0) is 37.0 Å². The minimum absolute atomic E-state index is 0.0269. The summed E-state index contributed by atoms with van der Waals surface area (Å²) < 4.78 is 11.1. The van der Waals surface area contributed by atoms with Gasteiger partial charge in [0.25, 0.3) is 0 Å². The summed E-state index contributed by atoms with van der Waals surface area (Å²) in [5.74, 6) is 0.451. The summed E-state index contributed by atoms with van der Waals surface area (Å²) in [5.41, 5.74) is 0.0309. The molecule has 2 fully saturated rings. The molecule has 1 heterocycles. The van der Waals surface area contributed by atoms with Crippen molar-refractivity contribution in [1.82, 2.24) is 0 Å². The summed E-state index contributed by atoms with van der Waals surface area (Å²) in [6.45, 7) is 9.06. The number of hydrogen-bond donors (Lipinski definition) is 0. The first-order valence-electron chi connectivity index (χ1n) is 7.76. The Bertz CT molecular complexity index is 324. The predicted octanol–water partition coefficient (Wildman–Crippen LogP) is 3.56. The van der Waals surface area contributed by atoms with Crippen molar-refractivity contribution in [2.45, 2.75) is 72.0 Å². The molecule has 1 saturated heterocycles. The van der Waals surface area contributed by atoms with Crippen LogP contribution in [0.5, 0.6) is 0 Å². The molecule has 110 valence electrons. The Hall–Kier alpha value is -0.570. The van der Waals surface area contributed by atoms with E-state index in [1.54, 1.807) is 0 Å². The van der Waals surface area contributed by atoms with Crippen LogP contribution in [0.1, 0.15) is 59.8 Å². The molecule has 1 aliphatic heterocycles. The summed E-state index contributed by atoms with van der Waals surface area (Å²) in [6.07, 6.45) is 6.51. The number of epoxide rings is 1. The first-order chi connectivity index (χ1) is 8.94. The van der Waals surface area contributed by atoms with Crippen molar-refractivity contribution in [2.24, 2.45) is 17.3 Å². The number of hydrogen-bond acceptors (Lipinski definition) is 3. The molecule has 0 radical (unpaired) electrons. The summed E-state index contributed by atoms with van der Waals surface area (Å²) in [6, 6.07) is 0. The van der Waals surface area contributed by atoms with Gasteiger partial charge in [0, 0.05) is 0 Å². The molecule has 4 unspecified atom stereocenters. The van der Waals surface area contributed by atoms with Crippen LogP contribution in [0.15, 0.2) is 0 Å². The maximum atomic E-state index is 12.1. The fraction of sp³-hybridized carbons (Fsp3) is 0.938. The van der Waals surface area contributed by atoms with E-state index >= 15 is 0 Å². The van der Waals surface area contributed by atoms with Crippen LogP contribution in [0.4, 0.5) is 0 Å². The highest BCUT2D eigenvalue weighted by molar-refractivity contribution is 5.72. The number of ether oxygens (including phenoxy) is 2. The molecule has 19 heavy (non-hydrogen) atoms. The lowest BCUT2D eigenvalue weighted by atomic mass is 9.76. The van der Waals surface area contributed by atoms with Crippen LogP contribution in [0.2, 0.25) is 0 Å². The second-order valence-electron chi connectivity index (χ2n) is 6.98. The molecule has 3 heteroatoms. The average Bonchev–Trinajstić information content (AvgIpc) is 3.13. The van der Waals surface area contributed by atoms with Crippen LogP contribution >= 0.6 is 0 Å². The van der Waals surface area contributed by atoms with Gasteiger partial charge in [-0.3, -0.25) is 4.79 Å². The first kappa shape index (κ1) is 14.8. The lowest BCUT2D eigenvalue weighted by Crippen LogP contribution is -2.31. The normalized spacial score (nSPS) is 31.5. The minimum atomic E-state index is -0.0303. The zero-order valence-corrected chi connectivity index (χ0v) is 12.8. The van der Waals surface area contributed by atoms with E-state index in [4.69, 9.17) is 9.47 Å². The molecule has 0 spiro atoms. The summed E-state index contributed by atoms with van der Waals surface area (Å²) in [7, 11) is 0. The van der Waals surface area contributed by atoms with E-state index in [0.717, 1.165) is 32.1 Å². The van der Waals surface area contributed by atoms with Crippen molar-refractivity contribution in [3.63, 3.8) is 0 Å². The van der Waals surface area contributed by atoms with Crippen molar-refractivity contribution in [1.29, 1.82) is 0 Å². The molecule has 0 amide bonds. The molecule has 1 saturated carbocycles. The lowest BCUT2D eigenvalue weighted by molar-refractivity contribution is -0.153. The Morgan fingerprint density at radius 2 is 2.11 bits per heavy atom. The van der Waals surface area contributed by atoms with Crippen LogP contribution in [0.25, 0.3) is 0 Å². The third kappa shape index (κ3) is 3.71. The van der Waals surface area contributed by atoms with E-state index in [1.807, 2.05) is 6.92 Å². The fourth-order valence-corrected chi connectivity index (χ4v) is 3.14. The Balaban J connectivity index is 1.73. The van der Waals surface area contributed by atoms with Gasteiger partial charge in [0.15, 0.2) is 0 Å². The smallest absolute Gasteiger partial charge is 0.309 e. The largest absolute Gasteiger partial charge is 0.465 e. The summed E-state index contributed by atoms with van der Waals surface area (Å²) in [5, 5.41) is 0. The van der Waals surface area contributed by atoms with E-state index in [2.05, 4.69) is 20.8 Å². The summed E-state index contributed by atoms with van der Waals surface area (Å²) in [4.78, 5) is 12.1. The zero-order valence-electron chi connectivity index (χ0n) is 12.8. The second kappa shape index (κ2) is 5.82. The standard InChI is InChI=1S/C16H28O3/c1-5-8-16(3,4)11(2)15(17)18-10-12-6-7-13-14(9-12)19-13/h11-14H,5-10H2,1-4H3. The van der Waals surface area contributed by atoms with Crippen molar-refractivity contribution >= 4 is 5.97 Å². The van der Waals surface area contributed by atoms with Gasteiger partial charge < -0.3 is 9.47 Å². The van der Waals surface area contributed by atoms with Gasteiger partial charge in [0.05, 0.1) is 24.7 Å². The van der Waals surface area contributed by atoms with Gasteiger partial charge in [-0.15, -0.1) is 0 Å². The van der Waals surface area contributed by atoms with E-state index in [-0.39, 0.29) is 17.3 Å². The van der Waals surface area contributed by atoms with Gasteiger partial charge >= 0.3 is 5.97 Å². The Morgan fingerprint density at radius 3 is 2.74 bits per heavy atom. The Kier molecular flexibility index (Phi) is 4.54. The van der Waals surface area contributed by atoms with Crippen LogP contribution in [-0.4, -0.2) is 24.8 Å². The maximum Gasteiger partial charge on any atom is 0.309 e. The highest BCUT2D eigenvalue weighted by atomic mass is 16.6. The molecule has 4 atom stereocenters. The maximum absolute atomic E-state index is 12.1. The zero-order chi connectivity index (χ0) is 14.0. The van der Waals surface area contributed by atoms with Crippen molar-refractivity contribution in [2.75, 3.05) is 6.61 Å². The first-order valence-corrected chi connectivity index (χ1v) is 7.76. The number of rotatable bonds is 6. The minimum Gasteiger partial charge on any atom is -0.465 e. The van der Waals surface area contributed by atoms with Gasteiger partial charge in [0.1, 0.15) is 0 Å². The highest BCUT2D eigenvalue weighted by Crippen LogP contribution is 2.39. The van der Waals surface area contributed by atoms with Crippen molar-refractivity contribution < 1.29 is 14.3 Å². The van der Waals surface area contributed by atoms with E-state index in [1.165, 1.54) is 0 Å². The van der Waals surface area contributed by atoms with Crippen LogP contribution in [0.3, 0.4) is 0 Å².